The molecule has 276 valence electrons. The molecule has 2 atom stereocenters. The van der Waals surface area contributed by atoms with Crippen LogP contribution in [0.5, 0.6) is 0 Å². The maximum absolute atomic E-state index is 5.77. The van der Waals surface area contributed by atoms with Crippen LogP contribution in [0.2, 0.25) is 0 Å². The first kappa shape index (κ1) is 36.1. The van der Waals surface area contributed by atoms with Crippen molar-refractivity contribution in [3.05, 3.63) is 183 Å². The van der Waals surface area contributed by atoms with Gasteiger partial charge in [-0.05, 0) is 109 Å². The van der Waals surface area contributed by atoms with Gasteiger partial charge in [-0.2, -0.15) is 0 Å². The average molecular weight is 906 g/mol. The molecule has 4 nitrogen and oxygen atoms in total. The predicted octanol–water partition coefficient (Wildman–Crippen LogP) is 12.3. The largest absolute Gasteiger partial charge is 2.00 e. The fourth-order valence-corrected chi connectivity index (χ4v) is 9.32. The van der Waals surface area contributed by atoms with E-state index < -0.39 is 0 Å². The van der Waals surface area contributed by atoms with Gasteiger partial charge in [0.25, 0.3) is 0 Å². The van der Waals surface area contributed by atoms with Crippen LogP contribution < -0.4 is 4.90 Å². The van der Waals surface area contributed by atoms with E-state index in [-0.39, 0.29) is 33.1 Å². The number of nitrogens with zero attached hydrogens (tertiary/aromatic N) is 4. The quantitative estimate of drug-likeness (QED) is 0.165. The first-order valence-corrected chi connectivity index (χ1v) is 19.2. The van der Waals surface area contributed by atoms with E-state index in [9.17, 15) is 0 Å². The number of benzene rings is 6. The molecule has 56 heavy (non-hydrogen) atoms. The number of rotatable bonds is 4. The van der Waals surface area contributed by atoms with Gasteiger partial charge >= 0.3 is 21.1 Å². The van der Waals surface area contributed by atoms with Crippen molar-refractivity contribution in [2.24, 2.45) is 4.99 Å². The molecule has 0 unspecified atom stereocenters. The summed E-state index contributed by atoms with van der Waals surface area (Å²) in [6, 6.07) is 47.8. The van der Waals surface area contributed by atoms with E-state index in [2.05, 4.69) is 173 Å². The predicted molar refractivity (Wildman–Crippen MR) is 228 cm³/mol. The molecule has 8 aromatic rings. The molecular formula is C51H42N4Pt. The second-order valence-corrected chi connectivity index (χ2v) is 15.8. The summed E-state index contributed by atoms with van der Waals surface area (Å²) in [5.41, 5.74) is 21.0. The molecule has 0 saturated heterocycles. The van der Waals surface area contributed by atoms with Crippen molar-refractivity contribution in [2.45, 2.75) is 60.5 Å². The maximum Gasteiger partial charge on any atom is 2.00 e. The second kappa shape index (κ2) is 13.6. The van der Waals surface area contributed by atoms with Gasteiger partial charge in [0.1, 0.15) is 0 Å². The monoisotopic (exact) mass is 905 g/mol. The number of fused-ring (bicyclic) bond motifs is 9. The van der Waals surface area contributed by atoms with Crippen LogP contribution in [0.25, 0.3) is 49.9 Å². The fourth-order valence-electron chi connectivity index (χ4n) is 9.32. The number of pyridine rings is 1. The van der Waals surface area contributed by atoms with E-state index >= 15 is 0 Å². The summed E-state index contributed by atoms with van der Waals surface area (Å²) in [5.74, 6) is 0.948. The van der Waals surface area contributed by atoms with Crippen LogP contribution in [-0.2, 0) is 21.1 Å². The van der Waals surface area contributed by atoms with Crippen molar-refractivity contribution in [3.63, 3.8) is 0 Å². The molecule has 1 aliphatic heterocycles. The minimum Gasteiger partial charge on any atom is -0.356 e. The first-order chi connectivity index (χ1) is 26.6. The third-order valence-electron chi connectivity index (χ3n) is 11.5. The fraction of sp³-hybridized carbons (Fsp3) is 0.176. The number of anilines is 1. The summed E-state index contributed by atoms with van der Waals surface area (Å²) >= 11 is 0. The number of hydrogen-bond acceptors (Lipinski definition) is 3. The third kappa shape index (κ3) is 5.68. The molecule has 0 fully saturated rings. The minimum absolute atomic E-state index is 0. The van der Waals surface area contributed by atoms with E-state index in [0.29, 0.717) is 0 Å². The van der Waals surface area contributed by atoms with Crippen molar-refractivity contribution in [2.75, 3.05) is 4.90 Å². The maximum atomic E-state index is 5.77. The Morgan fingerprint density at radius 3 is 2.00 bits per heavy atom. The molecule has 0 saturated carbocycles. The van der Waals surface area contributed by atoms with E-state index in [4.69, 9.17) is 9.98 Å². The van der Waals surface area contributed by atoms with Gasteiger partial charge in [-0.15, -0.1) is 53.1 Å². The van der Waals surface area contributed by atoms with Crippen LogP contribution in [0.1, 0.15) is 67.7 Å². The summed E-state index contributed by atoms with van der Waals surface area (Å²) in [4.78, 5) is 13.0. The minimum atomic E-state index is -0.0794. The Morgan fingerprint density at radius 1 is 0.571 bits per heavy atom. The molecule has 5 heteroatoms. The van der Waals surface area contributed by atoms with Crippen LogP contribution >= 0.6 is 0 Å². The van der Waals surface area contributed by atoms with Crippen LogP contribution in [0.15, 0.2) is 120 Å². The topological polar surface area (TPSA) is 33.4 Å². The second-order valence-electron chi connectivity index (χ2n) is 15.8. The standard InChI is InChI=1S/C51H42N4.Pt/c1-29-12-15-41-43(24-29)44-25-30(2)13-16-42(44)50-48(41)53-51(55(50)49-34(6)20-32(4)21-35(49)7)37-22-33(5)23-38(27-37)54-46-11-9-8-10-39(46)40-17-14-36(28-47(40)54)45-26-31(3)18-19-52-45;/h8-26,48,50H,1-7H3;/q-2;+2/t48-,50+;/m1./s1. The molecule has 0 bridgehead atoms. The summed E-state index contributed by atoms with van der Waals surface area (Å²) in [6.07, 6.45) is 1.88. The molecule has 0 spiro atoms. The smallest absolute Gasteiger partial charge is 0.356 e. The number of amidine groups is 1. The van der Waals surface area contributed by atoms with Gasteiger partial charge in [0, 0.05) is 17.4 Å². The van der Waals surface area contributed by atoms with Crippen LogP contribution in [0, 0.1) is 60.6 Å². The van der Waals surface area contributed by atoms with E-state index in [1.165, 1.54) is 66.7 Å². The third-order valence-corrected chi connectivity index (χ3v) is 11.5. The molecule has 1 aliphatic carbocycles. The van der Waals surface area contributed by atoms with Crippen molar-refractivity contribution in [3.8, 4) is 28.1 Å². The molecule has 0 N–H and O–H groups in total. The normalized spacial score (nSPS) is 15.7. The van der Waals surface area contributed by atoms with Crippen LogP contribution in [0.3, 0.4) is 0 Å². The number of hydrogen-bond donors (Lipinski definition) is 0. The van der Waals surface area contributed by atoms with Gasteiger partial charge in [0.2, 0.25) is 0 Å². The van der Waals surface area contributed by atoms with Crippen LogP contribution in [0.4, 0.5) is 5.69 Å². The molecule has 2 aliphatic rings. The molecule has 10 rings (SSSR count). The Morgan fingerprint density at radius 2 is 1.25 bits per heavy atom. The van der Waals surface area contributed by atoms with Crippen molar-refractivity contribution in [1.29, 1.82) is 0 Å². The number of aliphatic imine (C=N–C) groups is 1. The summed E-state index contributed by atoms with van der Waals surface area (Å²) in [7, 11) is 0. The molecule has 2 aromatic heterocycles. The Labute approximate surface area is 343 Å². The van der Waals surface area contributed by atoms with Gasteiger partial charge < -0.3 is 19.4 Å². The first-order valence-electron chi connectivity index (χ1n) is 19.2. The summed E-state index contributed by atoms with van der Waals surface area (Å²) < 4.78 is 2.33. The molecule has 0 amide bonds. The summed E-state index contributed by atoms with van der Waals surface area (Å²) in [5, 5.41) is 2.34. The van der Waals surface area contributed by atoms with E-state index in [0.717, 1.165) is 50.3 Å². The van der Waals surface area contributed by atoms with Gasteiger partial charge in [-0.1, -0.05) is 107 Å². The molecule has 3 heterocycles. The van der Waals surface area contributed by atoms with E-state index in [1.54, 1.807) is 0 Å². The van der Waals surface area contributed by atoms with Gasteiger partial charge in [0.15, 0.2) is 0 Å². The zero-order valence-corrected chi connectivity index (χ0v) is 35.0. The van der Waals surface area contributed by atoms with Gasteiger partial charge in [0.05, 0.1) is 17.9 Å². The van der Waals surface area contributed by atoms with Gasteiger partial charge in [-0.3, -0.25) is 0 Å². The van der Waals surface area contributed by atoms with Crippen molar-refractivity contribution in [1.82, 2.24) is 9.55 Å². The van der Waals surface area contributed by atoms with Crippen molar-refractivity contribution < 1.29 is 21.1 Å². The van der Waals surface area contributed by atoms with E-state index in [1.807, 2.05) is 12.3 Å². The SMILES string of the molecule is Cc1cc(C2=N[C@@H]3c4ccc(C)cc4-c4cc(C)ccc4[C@@H]3N2c2c(C)cc(C)cc2C)[c-]c(-n2c3[c-]c(-c4cc(C)ccn4)ccc3c3ccccc32)c1.[Pt+2]. The number of aryl methyl sites for hydroxylation is 7. The van der Waals surface area contributed by atoms with Crippen molar-refractivity contribution >= 4 is 33.3 Å². The average Bonchev–Trinajstić information content (AvgIpc) is 3.71. The number of para-hydroxylation sites is 1. The zero-order valence-electron chi connectivity index (χ0n) is 32.7. The zero-order chi connectivity index (χ0) is 37.7. The molecule has 6 aromatic carbocycles. The summed E-state index contributed by atoms with van der Waals surface area (Å²) in [6.45, 7) is 15.4. The Balaban J connectivity index is 0.00000410. The Kier molecular flexibility index (Phi) is 8.74. The van der Waals surface area contributed by atoms with Gasteiger partial charge in [-0.25, -0.2) is 0 Å². The number of aromatic nitrogens is 2. The Hall–Kier alpha value is -5.57. The molecule has 0 radical (unpaired) electrons. The van der Waals surface area contributed by atoms with Crippen LogP contribution in [-0.4, -0.2) is 15.4 Å². The molecular weight excluding hydrogens is 864 g/mol. The Bertz CT molecular complexity index is 2910.